The zero-order valence-corrected chi connectivity index (χ0v) is 17.6. The van der Waals surface area contributed by atoms with Crippen LogP contribution in [-0.4, -0.2) is 39.6 Å². The van der Waals surface area contributed by atoms with Crippen molar-refractivity contribution in [1.82, 2.24) is 14.7 Å². The third kappa shape index (κ3) is 4.34. The Morgan fingerprint density at radius 1 is 1.12 bits per heavy atom. The molecular formula is C24H25N5O3. The highest BCUT2D eigenvalue weighted by Gasteiger charge is 2.28. The van der Waals surface area contributed by atoms with Crippen molar-refractivity contribution in [2.75, 3.05) is 18.8 Å². The Bertz CT molecular complexity index is 1140. The lowest BCUT2D eigenvalue weighted by atomic mass is 10.1. The van der Waals surface area contributed by atoms with Crippen LogP contribution in [0.25, 0.3) is 11.3 Å². The Morgan fingerprint density at radius 2 is 1.81 bits per heavy atom. The number of benzene rings is 2. The fraction of sp³-hybridized carbons (Fsp3) is 0.208. The largest absolute Gasteiger partial charge is 0.457 e. The minimum atomic E-state index is -0.636. The van der Waals surface area contributed by atoms with E-state index in [1.165, 1.54) is 6.08 Å². The van der Waals surface area contributed by atoms with Crippen molar-refractivity contribution in [2.24, 2.45) is 11.7 Å². The van der Waals surface area contributed by atoms with Crippen LogP contribution >= 0.6 is 0 Å². The highest BCUT2D eigenvalue weighted by Crippen LogP contribution is 2.31. The number of carbonyl (C=O) groups excluding carboxylic acids is 2. The molecule has 1 saturated heterocycles. The van der Waals surface area contributed by atoms with E-state index in [0.717, 1.165) is 12.2 Å². The zero-order chi connectivity index (χ0) is 22.7. The summed E-state index contributed by atoms with van der Waals surface area (Å²) in [5, 5.41) is 4.59. The lowest BCUT2D eigenvalue weighted by molar-refractivity contribution is -0.125. The van der Waals surface area contributed by atoms with Crippen molar-refractivity contribution >= 4 is 17.6 Å². The number of nitrogen functional groups attached to an aromatic ring is 1. The van der Waals surface area contributed by atoms with E-state index < -0.39 is 5.91 Å². The maximum absolute atomic E-state index is 12.2. The van der Waals surface area contributed by atoms with E-state index in [1.807, 2.05) is 42.5 Å². The second-order valence-corrected chi connectivity index (χ2v) is 7.74. The first kappa shape index (κ1) is 21.2. The predicted molar refractivity (Wildman–Crippen MR) is 122 cm³/mol. The molecule has 32 heavy (non-hydrogen) atoms. The van der Waals surface area contributed by atoms with Gasteiger partial charge in [0.1, 0.15) is 28.6 Å². The van der Waals surface area contributed by atoms with Gasteiger partial charge in [0.15, 0.2) is 0 Å². The van der Waals surface area contributed by atoms with Crippen LogP contribution in [-0.2, 0) is 11.3 Å². The van der Waals surface area contributed by atoms with Gasteiger partial charge in [-0.2, -0.15) is 5.10 Å². The van der Waals surface area contributed by atoms with Crippen LogP contribution < -0.4 is 16.2 Å². The number of ether oxygens (including phenoxy) is 1. The molecule has 0 spiro atoms. The first-order valence-corrected chi connectivity index (χ1v) is 10.4. The number of rotatable bonds is 7. The first-order valence-electron chi connectivity index (χ1n) is 10.4. The Morgan fingerprint density at radius 3 is 2.47 bits per heavy atom. The third-order valence-electron chi connectivity index (χ3n) is 5.55. The summed E-state index contributed by atoms with van der Waals surface area (Å²) in [6.45, 7) is 5.28. The van der Waals surface area contributed by atoms with Gasteiger partial charge in [-0.05, 0) is 54.8 Å². The van der Waals surface area contributed by atoms with E-state index in [1.54, 1.807) is 21.7 Å². The van der Waals surface area contributed by atoms with Crippen LogP contribution in [0.2, 0.25) is 0 Å². The highest BCUT2D eigenvalue weighted by atomic mass is 16.5. The van der Waals surface area contributed by atoms with Gasteiger partial charge in [0, 0.05) is 25.2 Å². The summed E-state index contributed by atoms with van der Waals surface area (Å²) in [6.07, 6.45) is 2.14. The molecule has 0 aliphatic carbocycles. The van der Waals surface area contributed by atoms with Crippen LogP contribution in [0.4, 0.5) is 5.82 Å². The van der Waals surface area contributed by atoms with Gasteiger partial charge in [0.25, 0.3) is 5.91 Å². The molecule has 4 rings (SSSR count). The molecular weight excluding hydrogens is 406 g/mol. The highest BCUT2D eigenvalue weighted by molar-refractivity contribution is 6.03. The molecule has 1 aromatic heterocycles. The Labute approximate surface area is 186 Å². The minimum absolute atomic E-state index is 0.0859. The SMILES string of the molecule is C=CC(=O)N1CCC(Cn2nc(-c3ccc(Oc4ccccc4)cc3)c(C(N)=O)c2N)C1. The number of primary amides is 1. The number of aromatic nitrogens is 2. The van der Waals surface area contributed by atoms with Gasteiger partial charge in [0.05, 0.1) is 0 Å². The van der Waals surface area contributed by atoms with Crippen LogP contribution in [0, 0.1) is 5.92 Å². The van der Waals surface area contributed by atoms with E-state index in [-0.39, 0.29) is 23.2 Å². The van der Waals surface area contributed by atoms with Gasteiger partial charge >= 0.3 is 0 Å². The number of hydrogen-bond acceptors (Lipinski definition) is 5. The Balaban J connectivity index is 1.56. The van der Waals surface area contributed by atoms with Crippen molar-refractivity contribution in [2.45, 2.75) is 13.0 Å². The lowest BCUT2D eigenvalue weighted by Gasteiger charge is -2.14. The zero-order valence-electron chi connectivity index (χ0n) is 17.6. The predicted octanol–water partition coefficient (Wildman–Crippen LogP) is 3.06. The van der Waals surface area contributed by atoms with Crippen molar-refractivity contribution in [3.8, 4) is 22.8 Å². The fourth-order valence-corrected chi connectivity index (χ4v) is 3.92. The third-order valence-corrected chi connectivity index (χ3v) is 5.55. The number of nitrogens with two attached hydrogens (primary N) is 2. The first-order chi connectivity index (χ1) is 15.5. The van der Waals surface area contributed by atoms with Crippen LogP contribution in [0.5, 0.6) is 11.5 Å². The number of hydrogen-bond donors (Lipinski definition) is 2. The number of carbonyl (C=O) groups is 2. The van der Waals surface area contributed by atoms with Gasteiger partial charge < -0.3 is 21.1 Å². The van der Waals surface area contributed by atoms with Crippen molar-refractivity contribution < 1.29 is 14.3 Å². The second kappa shape index (κ2) is 8.97. The van der Waals surface area contributed by atoms with Crippen LogP contribution in [0.15, 0.2) is 67.3 Å². The molecule has 0 saturated carbocycles. The van der Waals surface area contributed by atoms with E-state index in [9.17, 15) is 9.59 Å². The van der Waals surface area contributed by atoms with Gasteiger partial charge in [-0.1, -0.05) is 24.8 Å². The fourth-order valence-electron chi connectivity index (χ4n) is 3.92. The summed E-state index contributed by atoms with van der Waals surface area (Å²) in [5.41, 5.74) is 13.2. The number of amides is 2. The molecule has 2 heterocycles. The van der Waals surface area contributed by atoms with Gasteiger partial charge in [-0.25, -0.2) is 4.68 Å². The van der Waals surface area contributed by atoms with E-state index >= 15 is 0 Å². The average Bonchev–Trinajstić information content (AvgIpc) is 3.39. The average molecular weight is 431 g/mol. The molecule has 1 aliphatic heterocycles. The van der Waals surface area contributed by atoms with E-state index in [2.05, 4.69) is 11.7 Å². The molecule has 1 fully saturated rings. The summed E-state index contributed by atoms with van der Waals surface area (Å²) >= 11 is 0. The van der Waals surface area contributed by atoms with Crippen LogP contribution in [0.3, 0.4) is 0 Å². The quantitative estimate of drug-likeness (QED) is 0.558. The molecule has 0 radical (unpaired) electrons. The molecule has 0 bridgehead atoms. The molecule has 4 N–H and O–H groups in total. The number of para-hydroxylation sites is 1. The molecule has 2 aromatic carbocycles. The maximum Gasteiger partial charge on any atom is 0.254 e. The number of anilines is 1. The van der Waals surface area contributed by atoms with E-state index in [4.69, 9.17) is 16.2 Å². The normalized spacial score (nSPS) is 15.5. The lowest BCUT2D eigenvalue weighted by Crippen LogP contribution is -2.27. The smallest absolute Gasteiger partial charge is 0.254 e. The Kier molecular flexibility index (Phi) is 5.93. The molecule has 1 aliphatic rings. The molecule has 1 unspecified atom stereocenters. The summed E-state index contributed by atoms with van der Waals surface area (Å²) in [6, 6.07) is 16.7. The summed E-state index contributed by atoms with van der Waals surface area (Å²) in [4.78, 5) is 25.7. The van der Waals surface area contributed by atoms with Crippen molar-refractivity contribution in [1.29, 1.82) is 0 Å². The van der Waals surface area contributed by atoms with Gasteiger partial charge in [0.2, 0.25) is 5.91 Å². The van der Waals surface area contributed by atoms with Crippen molar-refractivity contribution in [3.05, 3.63) is 72.8 Å². The van der Waals surface area contributed by atoms with Crippen LogP contribution in [0.1, 0.15) is 16.8 Å². The summed E-state index contributed by atoms with van der Waals surface area (Å²) < 4.78 is 7.43. The monoisotopic (exact) mass is 431 g/mol. The second-order valence-electron chi connectivity index (χ2n) is 7.74. The van der Waals surface area contributed by atoms with Crippen molar-refractivity contribution in [3.63, 3.8) is 0 Å². The molecule has 8 nitrogen and oxygen atoms in total. The molecule has 8 heteroatoms. The Hall–Kier alpha value is -4.07. The summed E-state index contributed by atoms with van der Waals surface area (Å²) in [7, 11) is 0. The molecule has 3 aromatic rings. The number of nitrogens with zero attached hydrogens (tertiary/aromatic N) is 3. The molecule has 2 amide bonds. The maximum atomic E-state index is 12.2. The minimum Gasteiger partial charge on any atom is -0.457 e. The molecule has 1 atom stereocenters. The topological polar surface area (TPSA) is 116 Å². The molecule has 164 valence electrons. The van der Waals surface area contributed by atoms with Gasteiger partial charge in [-0.15, -0.1) is 0 Å². The standard InChI is InChI=1S/C24H25N5O3/c1-2-20(30)28-13-12-16(14-28)15-29-23(25)21(24(26)31)22(27-29)17-8-10-19(11-9-17)32-18-6-4-3-5-7-18/h2-11,16H,1,12-15,25H2,(H2,26,31). The summed E-state index contributed by atoms with van der Waals surface area (Å²) in [5.74, 6) is 1.07. The van der Waals surface area contributed by atoms with E-state index in [0.29, 0.717) is 36.6 Å². The number of likely N-dealkylation sites (tertiary alicyclic amines) is 1. The van der Waals surface area contributed by atoms with Gasteiger partial charge in [-0.3, -0.25) is 9.59 Å².